The van der Waals surface area contributed by atoms with Gasteiger partial charge in [0, 0.05) is 17.6 Å². The zero-order valence-electron chi connectivity index (χ0n) is 15.4. The van der Waals surface area contributed by atoms with Crippen molar-refractivity contribution in [2.45, 2.75) is 51.8 Å². The van der Waals surface area contributed by atoms with Crippen LogP contribution in [0.2, 0.25) is 0 Å². The first kappa shape index (κ1) is 19.9. The Balaban J connectivity index is 1.81. The number of rotatable bonds is 9. The maximum absolute atomic E-state index is 12.3. The van der Waals surface area contributed by atoms with Gasteiger partial charge in [-0.2, -0.15) is 0 Å². The number of aliphatic carboxylic acids is 1. The zero-order chi connectivity index (χ0) is 19.3. The number of hydrogen-bond donors (Lipinski definition) is 2. The number of Topliss-reactive ketones (excluding diaryl/α,β-unsaturated/α-hetero) is 1. The maximum atomic E-state index is 12.3. The molecule has 2 N–H and O–H groups in total. The summed E-state index contributed by atoms with van der Waals surface area (Å²) in [4.78, 5) is 36.4. The lowest BCUT2D eigenvalue weighted by molar-refractivity contribution is -0.140. The van der Waals surface area contributed by atoms with Gasteiger partial charge in [0.25, 0.3) is 5.91 Å². The number of carbonyl (C=O) groups is 3. The average Bonchev–Trinajstić information content (AvgIpc) is 2.55. The predicted molar refractivity (Wildman–Crippen MR) is 96.4 cm³/mol. The Morgan fingerprint density at radius 1 is 1.35 bits per heavy atom. The fourth-order valence-electron chi connectivity index (χ4n) is 3.04. The van der Waals surface area contributed by atoms with Crippen molar-refractivity contribution in [1.82, 2.24) is 10.2 Å². The standard InChI is InChI=1S/C19H26N2O5/c1-4-21(11-18(23)24)16-9-15(10-16)20-19(25)13(3)26-17-7-5-6-14(8-17)12(2)22/h5-8,13,15-16H,4,9-11H2,1-3H3,(H,20,25)(H,23,24). The molecule has 26 heavy (non-hydrogen) atoms. The first-order chi connectivity index (χ1) is 12.3. The number of ether oxygens (including phenoxy) is 1. The average molecular weight is 362 g/mol. The highest BCUT2D eigenvalue weighted by molar-refractivity contribution is 5.94. The Hall–Kier alpha value is -2.41. The van der Waals surface area contributed by atoms with Gasteiger partial charge < -0.3 is 15.2 Å². The summed E-state index contributed by atoms with van der Waals surface area (Å²) in [6.07, 6.45) is 0.788. The number of carboxylic acids is 1. The minimum Gasteiger partial charge on any atom is -0.481 e. The van der Waals surface area contributed by atoms with E-state index in [4.69, 9.17) is 9.84 Å². The van der Waals surface area contributed by atoms with Crippen molar-refractivity contribution in [3.63, 3.8) is 0 Å². The van der Waals surface area contributed by atoms with Gasteiger partial charge in [-0.05, 0) is 45.4 Å². The second-order valence-electron chi connectivity index (χ2n) is 6.63. The number of likely N-dealkylation sites (N-methyl/N-ethyl adjacent to an activating group) is 1. The molecule has 1 saturated carbocycles. The minimum atomic E-state index is -0.839. The number of carboxylic acid groups (broad SMARTS) is 1. The lowest BCUT2D eigenvalue weighted by Crippen LogP contribution is -2.56. The van der Waals surface area contributed by atoms with Crippen LogP contribution in [0.25, 0.3) is 0 Å². The van der Waals surface area contributed by atoms with Crippen molar-refractivity contribution in [2.75, 3.05) is 13.1 Å². The van der Waals surface area contributed by atoms with Crippen LogP contribution in [0.1, 0.15) is 44.0 Å². The van der Waals surface area contributed by atoms with Crippen LogP contribution >= 0.6 is 0 Å². The van der Waals surface area contributed by atoms with E-state index in [2.05, 4.69) is 5.32 Å². The Morgan fingerprint density at radius 3 is 2.62 bits per heavy atom. The largest absolute Gasteiger partial charge is 0.481 e. The molecule has 1 aliphatic rings. The minimum absolute atomic E-state index is 0.0217. The fraction of sp³-hybridized carbons (Fsp3) is 0.526. The number of carbonyl (C=O) groups excluding carboxylic acids is 2. The predicted octanol–water partition coefficient (Wildman–Crippen LogP) is 1.71. The molecule has 0 radical (unpaired) electrons. The number of benzene rings is 1. The van der Waals surface area contributed by atoms with Gasteiger partial charge in [0.15, 0.2) is 11.9 Å². The van der Waals surface area contributed by atoms with Crippen molar-refractivity contribution < 1.29 is 24.2 Å². The second kappa shape index (κ2) is 8.80. The summed E-state index contributed by atoms with van der Waals surface area (Å²) in [6.45, 7) is 5.76. The molecule has 0 aliphatic heterocycles. The first-order valence-corrected chi connectivity index (χ1v) is 8.84. The lowest BCUT2D eigenvalue weighted by Gasteiger charge is -2.42. The van der Waals surface area contributed by atoms with E-state index >= 15 is 0 Å². The third-order valence-corrected chi connectivity index (χ3v) is 4.64. The molecule has 1 atom stereocenters. The highest BCUT2D eigenvalue weighted by Crippen LogP contribution is 2.26. The lowest BCUT2D eigenvalue weighted by atomic mass is 9.85. The van der Waals surface area contributed by atoms with Gasteiger partial charge in [0.2, 0.25) is 0 Å². The molecule has 1 amide bonds. The number of hydrogen-bond acceptors (Lipinski definition) is 5. The van der Waals surface area contributed by atoms with Gasteiger partial charge in [-0.15, -0.1) is 0 Å². The SMILES string of the molecule is CCN(CC(=O)O)C1CC(NC(=O)C(C)Oc2cccc(C(C)=O)c2)C1. The molecule has 7 heteroatoms. The van der Waals surface area contributed by atoms with Crippen LogP contribution < -0.4 is 10.1 Å². The molecule has 0 heterocycles. The molecule has 1 fully saturated rings. The summed E-state index contributed by atoms with van der Waals surface area (Å²) in [7, 11) is 0. The Labute approximate surface area is 153 Å². The van der Waals surface area contributed by atoms with Crippen LogP contribution in [0.4, 0.5) is 0 Å². The van der Waals surface area contributed by atoms with E-state index in [-0.39, 0.29) is 30.3 Å². The van der Waals surface area contributed by atoms with Crippen LogP contribution in [-0.2, 0) is 9.59 Å². The molecule has 0 aromatic heterocycles. The van der Waals surface area contributed by atoms with Crippen LogP contribution in [-0.4, -0.2) is 58.9 Å². The summed E-state index contributed by atoms with van der Waals surface area (Å²) >= 11 is 0. The van der Waals surface area contributed by atoms with Crippen molar-refractivity contribution in [3.05, 3.63) is 29.8 Å². The number of amides is 1. The van der Waals surface area contributed by atoms with Gasteiger partial charge in [0.05, 0.1) is 6.54 Å². The van der Waals surface area contributed by atoms with E-state index in [1.165, 1.54) is 6.92 Å². The molecule has 0 spiro atoms. The van der Waals surface area contributed by atoms with Crippen LogP contribution in [0.15, 0.2) is 24.3 Å². The molecule has 2 rings (SSSR count). The van der Waals surface area contributed by atoms with Crippen molar-refractivity contribution >= 4 is 17.7 Å². The summed E-state index contributed by atoms with van der Waals surface area (Å²) in [6, 6.07) is 6.96. The van der Waals surface area contributed by atoms with Crippen LogP contribution in [0, 0.1) is 0 Å². The van der Waals surface area contributed by atoms with Gasteiger partial charge in [0.1, 0.15) is 5.75 Å². The molecular weight excluding hydrogens is 336 g/mol. The number of nitrogens with zero attached hydrogens (tertiary/aromatic N) is 1. The van der Waals surface area contributed by atoms with Gasteiger partial charge in [-0.25, -0.2) is 0 Å². The zero-order valence-corrected chi connectivity index (χ0v) is 15.4. The molecule has 1 aromatic rings. The van der Waals surface area contributed by atoms with E-state index in [9.17, 15) is 14.4 Å². The van der Waals surface area contributed by atoms with Crippen LogP contribution in [0.3, 0.4) is 0 Å². The molecule has 7 nitrogen and oxygen atoms in total. The molecule has 0 saturated heterocycles. The van der Waals surface area contributed by atoms with E-state index in [1.807, 2.05) is 11.8 Å². The highest BCUT2D eigenvalue weighted by Gasteiger charge is 2.35. The summed E-state index contributed by atoms with van der Waals surface area (Å²) in [5.41, 5.74) is 0.537. The van der Waals surface area contributed by atoms with Crippen molar-refractivity contribution in [1.29, 1.82) is 0 Å². The van der Waals surface area contributed by atoms with Crippen molar-refractivity contribution in [2.24, 2.45) is 0 Å². The van der Waals surface area contributed by atoms with Gasteiger partial charge in [-0.1, -0.05) is 19.1 Å². The summed E-state index contributed by atoms with van der Waals surface area (Å²) < 4.78 is 5.63. The van der Waals surface area contributed by atoms with E-state index < -0.39 is 12.1 Å². The number of ketones is 1. The molecular formula is C19H26N2O5. The molecule has 1 aliphatic carbocycles. The highest BCUT2D eigenvalue weighted by atomic mass is 16.5. The van der Waals surface area contributed by atoms with Gasteiger partial charge in [-0.3, -0.25) is 19.3 Å². The number of nitrogens with one attached hydrogen (secondary N) is 1. The first-order valence-electron chi connectivity index (χ1n) is 8.84. The van der Waals surface area contributed by atoms with Crippen molar-refractivity contribution in [3.8, 4) is 5.75 Å². The van der Waals surface area contributed by atoms with Crippen LogP contribution in [0.5, 0.6) is 5.75 Å². The van der Waals surface area contributed by atoms with Gasteiger partial charge >= 0.3 is 5.97 Å². The van der Waals surface area contributed by atoms with E-state index in [1.54, 1.807) is 31.2 Å². The Bertz CT molecular complexity index is 670. The monoisotopic (exact) mass is 362 g/mol. The molecule has 1 aromatic carbocycles. The Kier molecular flexibility index (Phi) is 6.74. The quantitative estimate of drug-likeness (QED) is 0.649. The third kappa shape index (κ3) is 5.29. The normalized spacial score (nSPS) is 20.2. The topological polar surface area (TPSA) is 95.9 Å². The van der Waals surface area contributed by atoms with E-state index in [0.29, 0.717) is 17.9 Å². The summed E-state index contributed by atoms with van der Waals surface area (Å²) in [5, 5.41) is 11.8. The van der Waals surface area contributed by atoms with E-state index in [0.717, 1.165) is 12.8 Å². The summed E-state index contributed by atoms with van der Waals surface area (Å²) in [5.74, 6) is -0.641. The maximum Gasteiger partial charge on any atom is 0.317 e. The third-order valence-electron chi connectivity index (χ3n) is 4.64. The smallest absolute Gasteiger partial charge is 0.317 e. The molecule has 142 valence electrons. The molecule has 0 bridgehead atoms. The fourth-order valence-corrected chi connectivity index (χ4v) is 3.04. The second-order valence-corrected chi connectivity index (χ2v) is 6.63. The molecule has 1 unspecified atom stereocenters. The Morgan fingerprint density at radius 2 is 2.04 bits per heavy atom.